The van der Waals surface area contributed by atoms with Gasteiger partial charge in [-0.2, -0.15) is 0 Å². The molecule has 0 heterocycles. The molecule has 2 atom stereocenters. The van der Waals surface area contributed by atoms with Crippen LogP contribution in [0.3, 0.4) is 0 Å². The molecule has 0 aliphatic rings. The summed E-state index contributed by atoms with van der Waals surface area (Å²) in [6.07, 6.45) is 3.48. The number of rotatable bonds is 14. The first-order valence-corrected chi connectivity index (χ1v) is 16.8. The van der Waals surface area contributed by atoms with Gasteiger partial charge in [-0.05, 0) is 96.5 Å². The van der Waals surface area contributed by atoms with Crippen LogP contribution in [0.15, 0.2) is 72.8 Å². The van der Waals surface area contributed by atoms with Gasteiger partial charge in [0, 0.05) is 13.4 Å². The summed E-state index contributed by atoms with van der Waals surface area (Å²) in [5, 5.41) is 5.72. The molecule has 4 rings (SSSR count). The topological polar surface area (TPSA) is 71.1 Å². The standard InChI is InChI=1S/2C18H21BrO3/c2*1-13(18(20)22-10-4-3-9-19)14-5-6-16-12-17(21-2)8-7-15(16)11-14/h2*5-8,11-13H,3-4,9-10H2,1-2H3/t13-;/m0./s1/i2*13D. The Morgan fingerprint density at radius 1 is 0.614 bits per heavy atom. The van der Waals surface area contributed by atoms with Crippen molar-refractivity contribution in [1.29, 1.82) is 0 Å². The van der Waals surface area contributed by atoms with Crippen molar-refractivity contribution in [3.8, 4) is 11.5 Å². The number of benzene rings is 4. The van der Waals surface area contributed by atoms with Gasteiger partial charge in [0.2, 0.25) is 0 Å². The number of carbonyl (C=O) groups is 2. The molecule has 4 aromatic rings. The van der Waals surface area contributed by atoms with Crippen molar-refractivity contribution in [1.82, 2.24) is 0 Å². The highest BCUT2D eigenvalue weighted by atomic mass is 79.9. The molecular weight excluding hydrogens is 688 g/mol. The van der Waals surface area contributed by atoms with Crippen LogP contribution in [0.4, 0.5) is 0 Å². The van der Waals surface area contributed by atoms with E-state index in [9.17, 15) is 9.59 Å². The molecule has 0 bridgehead atoms. The Morgan fingerprint density at radius 3 is 1.34 bits per heavy atom. The summed E-state index contributed by atoms with van der Waals surface area (Å²) < 4.78 is 37.7. The van der Waals surface area contributed by atoms with Gasteiger partial charge in [-0.3, -0.25) is 9.59 Å². The maximum Gasteiger partial charge on any atom is 0.313 e. The minimum absolute atomic E-state index is 0.351. The van der Waals surface area contributed by atoms with E-state index in [4.69, 9.17) is 21.7 Å². The summed E-state index contributed by atoms with van der Waals surface area (Å²) in [5.74, 6) is -2.29. The molecule has 6 nitrogen and oxygen atoms in total. The molecule has 0 N–H and O–H groups in total. The maximum absolute atomic E-state index is 12.2. The third-order valence-corrected chi connectivity index (χ3v) is 8.22. The zero-order valence-corrected chi connectivity index (χ0v) is 29.0. The molecule has 0 radical (unpaired) electrons. The van der Waals surface area contributed by atoms with Gasteiger partial charge < -0.3 is 18.9 Å². The first kappa shape index (κ1) is 32.3. The molecule has 1 unspecified atom stereocenters. The first-order chi connectivity index (χ1) is 22.0. The lowest BCUT2D eigenvalue weighted by molar-refractivity contribution is -0.146. The molecule has 0 fully saturated rings. The Balaban J connectivity index is 0.000000250. The molecule has 0 amide bonds. The van der Waals surface area contributed by atoms with Crippen molar-refractivity contribution in [2.45, 2.75) is 51.3 Å². The van der Waals surface area contributed by atoms with Crippen LogP contribution >= 0.6 is 31.9 Å². The number of hydrogen-bond acceptors (Lipinski definition) is 6. The van der Waals surface area contributed by atoms with Gasteiger partial charge >= 0.3 is 11.9 Å². The van der Waals surface area contributed by atoms with E-state index in [-0.39, 0.29) is 0 Å². The Morgan fingerprint density at radius 2 is 0.977 bits per heavy atom. The normalized spacial score (nSPS) is 14.2. The second kappa shape index (κ2) is 18.6. The van der Waals surface area contributed by atoms with Gasteiger partial charge in [-0.15, -0.1) is 0 Å². The van der Waals surface area contributed by atoms with Gasteiger partial charge in [-0.1, -0.05) is 80.4 Å². The molecule has 0 aliphatic carbocycles. The molecule has 4 aromatic carbocycles. The van der Waals surface area contributed by atoms with Crippen LogP contribution in [-0.2, 0) is 19.1 Å². The number of esters is 2. The van der Waals surface area contributed by atoms with Crippen molar-refractivity contribution in [3.63, 3.8) is 0 Å². The number of carbonyl (C=O) groups excluding carboxylic acids is 2. The number of hydrogen-bond donors (Lipinski definition) is 0. The number of unbranched alkanes of at least 4 members (excludes halogenated alkanes) is 2. The number of ether oxygens (including phenoxy) is 4. The van der Waals surface area contributed by atoms with E-state index in [1.807, 2.05) is 60.7 Å². The second-order valence-electron chi connectivity index (χ2n) is 10.2. The smallest absolute Gasteiger partial charge is 0.313 e. The van der Waals surface area contributed by atoms with Crippen LogP contribution < -0.4 is 9.47 Å². The fourth-order valence-electron chi connectivity index (χ4n) is 4.34. The van der Waals surface area contributed by atoms with Crippen LogP contribution in [0.5, 0.6) is 11.5 Å². The fraction of sp³-hybridized carbons (Fsp3) is 0.389. The minimum Gasteiger partial charge on any atom is -0.497 e. The SMILES string of the molecule is [2H]C(C)(C(=O)OCCCCBr)c1ccc2cc(OC)ccc2c1.[2H][C@@](C)(C(=O)OCCCCBr)c1ccc2cc(OC)ccc2c1. The van der Waals surface area contributed by atoms with Crippen molar-refractivity contribution in [2.24, 2.45) is 0 Å². The molecule has 0 aliphatic heterocycles. The zero-order chi connectivity index (χ0) is 33.7. The molecule has 44 heavy (non-hydrogen) atoms. The highest BCUT2D eigenvalue weighted by Gasteiger charge is 2.18. The van der Waals surface area contributed by atoms with E-state index in [0.29, 0.717) is 24.3 Å². The Bertz CT molecular complexity index is 1490. The van der Waals surface area contributed by atoms with Crippen molar-refractivity contribution < 1.29 is 31.3 Å². The summed E-state index contributed by atoms with van der Waals surface area (Å²) in [6, 6.07) is 22.6. The van der Waals surface area contributed by atoms with Crippen LogP contribution in [0.1, 0.15) is 65.2 Å². The fourth-order valence-corrected chi connectivity index (χ4v) is 5.14. The van der Waals surface area contributed by atoms with Crippen LogP contribution in [0.25, 0.3) is 21.5 Å². The Hall–Kier alpha value is -3.10. The lowest BCUT2D eigenvalue weighted by Crippen LogP contribution is -2.14. The average molecular weight is 733 g/mol. The zero-order valence-electron chi connectivity index (χ0n) is 27.8. The number of methoxy groups -OCH3 is 2. The largest absolute Gasteiger partial charge is 0.497 e. The predicted octanol–water partition coefficient (Wildman–Crippen LogP) is 9.34. The molecule has 0 spiro atoms. The van der Waals surface area contributed by atoms with Crippen molar-refractivity contribution in [3.05, 3.63) is 83.9 Å². The van der Waals surface area contributed by atoms with E-state index < -0.39 is 23.7 Å². The van der Waals surface area contributed by atoms with E-state index in [0.717, 1.165) is 69.4 Å². The summed E-state index contributed by atoms with van der Waals surface area (Å²) in [5.41, 5.74) is 1.25. The van der Waals surface area contributed by atoms with Gasteiger partial charge in [-0.25, -0.2) is 0 Å². The summed E-state index contributed by atoms with van der Waals surface area (Å²) in [6.45, 7) is 3.85. The number of fused-ring (bicyclic) bond motifs is 2. The van der Waals surface area contributed by atoms with Crippen LogP contribution in [-0.4, -0.2) is 50.0 Å². The van der Waals surface area contributed by atoms with E-state index in [1.54, 1.807) is 40.2 Å². The van der Waals surface area contributed by atoms with Crippen molar-refractivity contribution in [2.75, 3.05) is 38.1 Å². The highest BCUT2D eigenvalue weighted by Crippen LogP contribution is 2.27. The lowest BCUT2D eigenvalue weighted by atomic mass is 9.98. The molecule has 0 saturated heterocycles. The molecule has 0 saturated carbocycles. The van der Waals surface area contributed by atoms with Crippen LogP contribution in [0, 0.1) is 0 Å². The molecular formula is C36H42Br2O6. The first-order valence-electron chi connectivity index (χ1n) is 15.6. The average Bonchev–Trinajstić information content (AvgIpc) is 3.07. The van der Waals surface area contributed by atoms with E-state index in [1.165, 1.54) is 0 Å². The molecule has 0 aromatic heterocycles. The van der Waals surface area contributed by atoms with E-state index >= 15 is 0 Å². The minimum atomic E-state index is -1.41. The maximum atomic E-state index is 12.2. The monoisotopic (exact) mass is 730 g/mol. The third kappa shape index (κ3) is 10.5. The summed E-state index contributed by atoms with van der Waals surface area (Å²) in [7, 11) is 3.25. The number of alkyl halides is 2. The second-order valence-corrected chi connectivity index (χ2v) is 11.8. The Labute approximate surface area is 280 Å². The summed E-state index contributed by atoms with van der Waals surface area (Å²) in [4.78, 5) is 24.4. The molecule has 236 valence electrons. The predicted molar refractivity (Wildman–Crippen MR) is 186 cm³/mol. The van der Waals surface area contributed by atoms with Gasteiger partial charge in [0.05, 0.1) is 39.2 Å². The van der Waals surface area contributed by atoms with Crippen LogP contribution in [0.2, 0.25) is 0 Å². The molecule has 8 heteroatoms. The number of halogens is 2. The third-order valence-electron chi connectivity index (χ3n) is 7.10. The Kier molecular flexibility index (Phi) is 13.7. The summed E-state index contributed by atoms with van der Waals surface area (Å²) >= 11 is 6.68. The van der Waals surface area contributed by atoms with Gasteiger partial charge in [0.15, 0.2) is 0 Å². The lowest BCUT2D eigenvalue weighted by Gasteiger charge is -2.13. The van der Waals surface area contributed by atoms with Crippen molar-refractivity contribution >= 4 is 65.3 Å². The van der Waals surface area contributed by atoms with Gasteiger partial charge in [0.1, 0.15) is 11.5 Å². The van der Waals surface area contributed by atoms with E-state index in [2.05, 4.69) is 31.9 Å². The van der Waals surface area contributed by atoms with Gasteiger partial charge in [0.25, 0.3) is 0 Å². The highest BCUT2D eigenvalue weighted by molar-refractivity contribution is 9.09. The quantitative estimate of drug-likeness (QED) is 0.0732.